The SMILES string of the molecule is C=C(C)/C(=C\C(OC)=C(/C)C(C)(COCC(/C=C\CC)=C/CC)C(F)F)N=CN(C)CC. The van der Waals surface area contributed by atoms with Crippen molar-refractivity contribution in [3.05, 3.63) is 59.1 Å². The maximum absolute atomic E-state index is 14.2. The molecule has 182 valence electrons. The van der Waals surface area contributed by atoms with Crippen molar-refractivity contribution >= 4 is 6.34 Å². The third-order valence-corrected chi connectivity index (χ3v) is 5.23. The number of nitrogens with zero attached hydrogens (tertiary/aromatic N) is 2. The van der Waals surface area contributed by atoms with E-state index in [1.165, 1.54) is 14.0 Å². The molecule has 0 N–H and O–H groups in total. The summed E-state index contributed by atoms with van der Waals surface area (Å²) in [6.45, 7) is 16.0. The minimum atomic E-state index is -2.63. The first-order chi connectivity index (χ1) is 15.1. The molecule has 0 aliphatic heterocycles. The van der Waals surface area contributed by atoms with E-state index in [1.807, 2.05) is 57.9 Å². The zero-order chi connectivity index (χ0) is 24.7. The molecule has 0 fully saturated rings. The fourth-order valence-electron chi connectivity index (χ4n) is 2.66. The van der Waals surface area contributed by atoms with E-state index in [1.54, 1.807) is 19.3 Å². The summed E-state index contributed by atoms with van der Waals surface area (Å²) in [6.07, 6.45) is 8.54. The van der Waals surface area contributed by atoms with E-state index < -0.39 is 11.8 Å². The number of halogens is 2. The molecule has 6 heteroatoms. The highest BCUT2D eigenvalue weighted by Gasteiger charge is 2.39. The van der Waals surface area contributed by atoms with Crippen LogP contribution in [0, 0.1) is 5.41 Å². The van der Waals surface area contributed by atoms with Gasteiger partial charge in [-0.05, 0) is 57.3 Å². The highest BCUT2D eigenvalue weighted by molar-refractivity contribution is 5.58. The van der Waals surface area contributed by atoms with Gasteiger partial charge < -0.3 is 14.4 Å². The fraction of sp³-hybridized carbons (Fsp3) is 0.577. The third-order valence-electron chi connectivity index (χ3n) is 5.23. The Bertz CT molecular complexity index is 736. The molecule has 0 aliphatic carbocycles. The summed E-state index contributed by atoms with van der Waals surface area (Å²) in [6, 6.07) is 0. The Morgan fingerprint density at radius 3 is 2.31 bits per heavy atom. The van der Waals surface area contributed by atoms with E-state index in [0.717, 1.165) is 25.0 Å². The molecule has 32 heavy (non-hydrogen) atoms. The average molecular weight is 453 g/mol. The van der Waals surface area contributed by atoms with Gasteiger partial charge in [0.25, 0.3) is 0 Å². The van der Waals surface area contributed by atoms with Crippen LogP contribution >= 0.6 is 0 Å². The second-order valence-corrected chi connectivity index (χ2v) is 8.03. The van der Waals surface area contributed by atoms with Crippen molar-refractivity contribution in [3.8, 4) is 0 Å². The summed E-state index contributed by atoms with van der Waals surface area (Å²) in [5.41, 5.74) is 1.14. The van der Waals surface area contributed by atoms with Crippen LogP contribution in [0.4, 0.5) is 8.78 Å². The van der Waals surface area contributed by atoms with Gasteiger partial charge in [0.15, 0.2) is 0 Å². The molecule has 0 aliphatic rings. The number of hydrogen-bond donors (Lipinski definition) is 0. The number of ether oxygens (including phenoxy) is 2. The van der Waals surface area contributed by atoms with Crippen molar-refractivity contribution in [1.29, 1.82) is 0 Å². The summed E-state index contributed by atoms with van der Waals surface area (Å²) in [5.74, 6) is 0.334. The second-order valence-electron chi connectivity index (χ2n) is 8.03. The Morgan fingerprint density at radius 2 is 1.84 bits per heavy atom. The highest BCUT2D eigenvalue weighted by atomic mass is 19.3. The van der Waals surface area contributed by atoms with Gasteiger partial charge in [0.2, 0.25) is 6.43 Å². The molecule has 0 aromatic carbocycles. The third kappa shape index (κ3) is 9.94. The van der Waals surface area contributed by atoms with E-state index in [9.17, 15) is 8.78 Å². The Balaban J connectivity index is 5.94. The van der Waals surface area contributed by atoms with Crippen molar-refractivity contribution < 1.29 is 18.3 Å². The molecule has 0 radical (unpaired) electrons. The van der Waals surface area contributed by atoms with Crippen LogP contribution < -0.4 is 0 Å². The van der Waals surface area contributed by atoms with E-state index in [-0.39, 0.29) is 13.2 Å². The maximum atomic E-state index is 14.2. The zero-order valence-corrected chi connectivity index (χ0v) is 21.2. The molecule has 0 aromatic rings. The van der Waals surface area contributed by atoms with Crippen LogP contribution in [0.5, 0.6) is 0 Å². The van der Waals surface area contributed by atoms with Crippen molar-refractivity contribution in [2.24, 2.45) is 10.4 Å². The number of aliphatic imine (C=N–C) groups is 1. The number of allylic oxidation sites excluding steroid dienone is 4. The summed E-state index contributed by atoms with van der Waals surface area (Å²) < 4.78 is 39.7. The molecule has 0 rings (SSSR count). The van der Waals surface area contributed by atoms with Crippen LogP contribution in [0.3, 0.4) is 0 Å². The Kier molecular flexibility index (Phi) is 14.5. The number of hydrogen-bond acceptors (Lipinski definition) is 3. The lowest BCUT2D eigenvalue weighted by Gasteiger charge is -2.31. The van der Waals surface area contributed by atoms with Crippen LogP contribution in [0.2, 0.25) is 0 Å². The van der Waals surface area contributed by atoms with Crippen LogP contribution in [-0.2, 0) is 9.47 Å². The largest absolute Gasteiger partial charge is 0.497 e. The molecule has 0 heterocycles. The first-order valence-corrected chi connectivity index (χ1v) is 11.2. The van der Waals surface area contributed by atoms with Gasteiger partial charge in [-0.2, -0.15) is 0 Å². The molecule has 0 saturated carbocycles. The average Bonchev–Trinajstić information content (AvgIpc) is 2.76. The standard InChI is InChI=1S/C26H42F2N2O2/c1-10-13-15-22(14-11-2)17-32-18-26(7,25(27)28)21(6)24(31-9)16-23(20(4)5)29-19-30(8)12-3/h13-16,19,25H,4,10-12,17-18H2,1-3,5-9H3/b15-13-,22-14+,23-16+,24-21-,29-19?. The first kappa shape index (κ1) is 29.8. The Labute approximate surface area is 194 Å². The van der Waals surface area contributed by atoms with Crippen molar-refractivity contribution in [2.45, 2.75) is 60.8 Å². The zero-order valence-electron chi connectivity index (χ0n) is 21.2. The van der Waals surface area contributed by atoms with Crippen LogP contribution in [0.15, 0.2) is 64.1 Å². The number of rotatable bonds is 15. The van der Waals surface area contributed by atoms with E-state index >= 15 is 0 Å². The lowest BCUT2D eigenvalue weighted by molar-refractivity contribution is -0.0295. The fourth-order valence-corrected chi connectivity index (χ4v) is 2.66. The topological polar surface area (TPSA) is 34.1 Å². The van der Waals surface area contributed by atoms with Crippen LogP contribution in [-0.4, -0.2) is 51.6 Å². The molecule has 0 amide bonds. The Morgan fingerprint density at radius 1 is 1.19 bits per heavy atom. The monoisotopic (exact) mass is 452 g/mol. The molecular formula is C26H42F2N2O2. The van der Waals surface area contributed by atoms with Gasteiger partial charge in [-0.15, -0.1) is 0 Å². The minimum absolute atomic E-state index is 0.136. The second kappa shape index (κ2) is 15.6. The van der Waals surface area contributed by atoms with Gasteiger partial charge in [0, 0.05) is 19.7 Å². The minimum Gasteiger partial charge on any atom is -0.497 e. The summed E-state index contributed by atoms with van der Waals surface area (Å²) in [4.78, 5) is 6.35. The molecule has 0 bridgehead atoms. The molecule has 1 unspecified atom stereocenters. The van der Waals surface area contributed by atoms with Crippen molar-refractivity contribution in [3.63, 3.8) is 0 Å². The maximum Gasteiger partial charge on any atom is 0.249 e. The molecular weight excluding hydrogens is 410 g/mol. The lowest BCUT2D eigenvalue weighted by Crippen LogP contribution is -2.34. The van der Waals surface area contributed by atoms with Gasteiger partial charge in [0.05, 0.1) is 37.8 Å². The van der Waals surface area contributed by atoms with Gasteiger partial charge in [-0.1, -0.05) is 38.7 Å². The Hall–Kier alpha value is -2.21. The van der Waals surface area contributed by atoms with E-state index in [0.29, 0.717) is 22.6 Å². The van der Waals surface area contributed by atoms with Crippen molar-refractivity contribution in [2.75, 3.05) is 33.9 Å². The molecule has 0 spiro atoms. The van der Waals surface area contributed by atoms with Gasteiger partial charge in [-0.25, -0.2) is 13.8 Å². The van der Waals surface area contributed by atoms with Crippen LogP contribution in [0.1, 0.15) is 54.4 Å². The van der Waals surface area contributed by atoms with Crippen LogP contribution in [0.25, 0.3) is 0 Å². The number of alkyl halides is 2. The predicted molar refractivity (Wildman–Crippen MR) is 132 cm³/mol. The summed E-state index contributed by atoms with van der Waals surface area (Å²) in [5, 5.41) is 0. The van der Waals surface area contributed by atoms with Gasteiger partial charge in [0.1, 0.15) is 5.76 Å². The van der Waals surface area contributed by atoms with Gasteiger partial charge in [-0.3, -0.25) is 0 Å². The van der Waals surface area contributed by atoms with Crippen molar-refractivity contribution in [1.82, 2.24) is 4.90 Å². The summed E-state index contributed by atoms with van der Waals surface area (Å²) in [7, 11) is 3.37. The quantitative estimate of drug-likeness (QED) is 0.117. The smallest absolute Gasteiger partial charge is 0.249 e. The molecule has 4 nitrogen and oxygen atoms in total. The number of methoxy groups -OCH3 is 1. The van der Waals surface area contributed by atoms with E-state index in [2.05, 4.69) is 11.6 Å². The highest BCUT2D eigenvalue weighted by Crippen LogP contribution is 2.37. The molecule has 0 aromatic heterocycles. The first-order valence-electron chi connectivity index (χ1n) is 11.2. The molecule has 0 saturated heterocycles. The molecule has 1 atom stereocenters. The predicted octanol–water partition coefficient (Wildman–Crippen LogP) is 6.94. The normalized spacial score (nSPS) is 16.0. The van der Waals surface area contributed by atoms with E-state index in [4.69, 9.17) is 9.47 Å². The van der Waals surface area contributed by atoms with Gasteiger partial charge >= 0.3 is 0 Å². The lowest BCUT2D eigenvalue weighted by atomic mass is 9.83. The summed E-state index contributed by atoms with van der Waals surface area (Å²) >= 11 is 0.